The molecule has 2 aromatic carbocycles. The molecule has 96 valence electrons. The van der Waals surface area contributed by atoms with E-state index in [9.17, 15) is 0 Å². The first kappa shape index (κ1) is 10.6. The van der Waals surface area contributed by atoms with Crippen molar-refractivity contribution in [2.45, 2.75) is 12.8 Å². The van der Waals surface area contributed by atoms with Crippen molar-refractivity contribution in [1.29, 1.82) is 0 Å². The van der Waals surface area contributed by atoms with Gasteiger partial charge in [0.1, 0.15) is 0 Å². The summed E-state index contributed by atoms with van der Waals surface area (Å²) in [5.74, 6) is 0.856. The Kier molecular flexibility index (Phi) is 1.97. The van der Waals surface area contributed by atoms with Gasteiger partial charge in [0.15, 0.2) is 10.8 Å². The van der Waals surface area contributed by atoms with Crippen LogP contribution in [0.1, 0.15) is 11.1 Å². The van der Waals surface area contributed by atoms with E-state index in [2.05, 4.69) is 24.3 Å². The van der Waals surface area contributed by atoms with Gasteiger partial charge in [-0.25, -0.2) is 4.98 Å². The number of hydrogen-bond donors (Lipinski definition) is 0. The molecule has 5 rings (SSSR count). The van der Waals surface area contributed by atoms with Crippen molar-refractivity contribution in [3.05, 3.63) is 53.8 Å². The molecule has 2 nitrogen and oxygen atoms in total. The van der Waals surface area contributed by atoms with E-state index in [4.69, 9.17) is 9.40 Å². The van der Waals surface area contributed by atoms with E-state index in [1.165, 1.54) is 26.6 Å². The van der Waals surface area contributed by atoms with Crippen molar-refractivity contribution >= 4 is 32.3 Å². The van der Waals surface area contributed by atoms with E-state index < -0.39 is 0 Å². The summed E-state index contributed by atoms with van der Waals surface area (Å²) in [5.41, 5.74) is 4.05. The predicted molar refractivity (Wildman–Crippen MR) is 82.2 cm³/mol. The average Bonchev–Trinajstić information content (AvgIpc) is 3.17. The van der Waals surface area contributed by atoms with E-state index in [-0.39, 0.29) is 0 Å². The highest BCUT2D eigenvalue weighted by atomic mass is 32.1. The minimum absolute atomic E-state index is 0.856. The van der Waals surface area contributed by atoms with Gasteiger partial charge in [-0.3, -0.25) is 0 Å². The molecule has 3 heteroatoms. The summed E-state index contributed by atoms with van der Waals surface area (Å²) in [7, 11) is 0. The lowest BCUT2D eigenvalue weighted by Gasteiger charge is -2.02. The number of hydrogen-bond acceptors (Lipinski definition) is 3. The van der Waals surface area contributed by atoms with Crippen LogP contribution in [0.2, 0.25) is 0 Å². The van der Waals surface area contributed by atoms with Gasteiger partial charge >= 0.3 is 0 Å². The number of benzene rings is 2. The van der Waals surface area contributed by atoms with Gasteiger partial charge in [0.2, 0.25) is 0 Å². The first-order valence-corrected chi connectivity index (χ1v) is 7.60. The van der Waals surface area contributed by atoms with Crippen LogP contribution < -0.4 is 0 Å². The molecule has 2 aromatic heterocycles. The van der Waals surface area contributed by atoms with Gasteiger partial charge in [-0.2, -0.15) is 0 Å². The Hall–Kier alpha value is -2.13. The lowest BCUT2D eigenvalue weighted by atomic mass is 10.0. The van der Waals surface area contributed by atoms with Gasteiger partial charge in [0, 0.05) is 5.39 Å². The lowest BCUT2D eigenvalue weighted by molar-refractivity contribution is 0.582. The fourth-order valence-electron chi connectivity index (χ4n) is 3.21. The molecule has 0 aliphatic heterocycles. The van der Waals surface area contributed by atoms with Crippen molar-refractivity contribution in [3.8, 4) is 10.8 Å². The highest BCUT2D eigenvalue weighted by Crippen LogP contribution is 2.39. The number of thiazole rings is 1. The third-order valence-electron chi connectivity index (χ3n) is 4.08. The number of aryl methyl sites for hydroxylation is 2. The van der Waals surface area contributed by atoms with Gasteiger partial charge in [-0.15, -0.1) is 11.3 Å². The zero-order valence-electron chi connectivity index (χ0n) is 10.7. The Bertz CT molecular complexity index is 950. The Morgan fingerprint density at radius 1 is 1.05 bits per heavy atom. The number of fused-ring (bicyclic) bond motifs is 2. The molecule has 0 atom stereocenters. The van der Waals surface area contributed by atoms with Crippen LogP contribution in [0, 0.1) is 0 Å². The number of rotatable bonds is 1. The van der Waals surface area contributed by atoms with Crippen LogP contribution in [0.3, 0.4) is 0 Å². The quantitative estimate of drug-likeness (QED) is 0.499. The van der Waals surface area contributed by atoms with Crippen molar-refractivity contribution in [1.82, 2.24) is 4.98 Å². The normalized spacial score (nSPS) is 13.6. The third-order valence-corrected chi connectivity index (χ3v) is 5.10. The Balaban J connectivity index is 1.92. The summed E-state index contributed by atoms with van der Waals surface area (Å²) in [6, 6.07) is 12.8. The van der Waals surface area contributed by atoms with Gasteiger partial charge in [0.25, 0.3) is 0 Å². The lowest BCUT2D eigenvalue weighted by Crippen LogP contribution is -1.80. The topological polar surface area (TPSA) is 26.0 Å². The molecule has 0 radical (unpaired) electrons. The second kappa shape index (κ2) is 3.70. The van der Waals surface area contributed by atoms with Gasteiger partial charge in [-0.05, 0) is 47.6 Å². The SMILES string of the molecule is c1coc(-c2nc3c(cc4c5c(cccc53)CC4)s2)c1. The van der Waals surface area contributed by atoms with E-state index in [0.717, 1.165) is 29.1 Å². The van der Waals surface area contributed by atoms with Crippen LogP contribution >= 0.6 is 11.3 Å². The molecule has 0 N–H and O–H groups in total. The zero-order valence-corrected chi connectivity index (χ0v) is 11.5. The van der Waals surface area contributed by atoms with Gasteiger partial charge in [-0.1, -0.05) is 18.2 Å². The fourth-order valence-corrected chi connectivity index (χ4v) is 4.23. The van der Waals surface area contributed by atoms with Crippen LogP contribution in [0.25, 0.3) is 31.8 Å². The van der Waals surface area contributed by atoms with Crippen molar-refractivity contribution in [2.75, 3.05) is 0 Å². The standard InChI is InChI=1S/C17H11NOS/c1-3-10-6-7-11-9-14-16(12(4-1)15(10)11)18-17(20-14)13-5-2-8-19-13/h1-5,8-9H,6-7H2. The maximum atomic E-state index is 5.48. The van der Waals surface area contributed by atoms with Crippen LogP contribution in [0.4, 0.5) is 0 Å². The van der Waals surface area contributed by atoms with E-state index in [1.54, 1.807) is 17.6 Å². The second-order valence-corrected chi connectivity index (χ2v) is 6.25. The first-order chi connectivity index (χ1) is 9.90. The van der Waals surface area contributed by atoms with Crippen LogP contribution in [0.5, 0.6) is 0 Å². The molecular formula is C17H11NOS. The molecule has 0 unspecified atom stereocenters. The third kappa shape index (κ3) is 1.30. The van der Waals surface area contributed by atoms with Crippen LogP contribution in [-0.2, 0) is 12.8 Å². The maximum absolute atomic E-state index is 5.48. The molecule has 2 heterocycles. The maximum Gasteiger partial charge on any atom is 0.162 e. The minimum Gasteiger partial charge on any atom is -0.462 e. The fraction of sp³-hybridized carbons (Fsp3) is 0.118. The predicted octanol–water partition coefficient (Wildman–Crippen LogP) is 4.81. The van der Waals surface area contributed by atoms with E-state index in [1.807, 2.05) is 12.1 Å². The Morgan fingerprint density at radius 3 is 2.90 bits per heavy atom. The summed E-state index contributed by atoms with van der Waals surface area (Å²) in [5, 5.41) is 3.69. The number of nitrogens with zero attached hydrogens (tertiary/aromatic N) is 1. The van der Waals surface area contributed by atoms with Crippen LogP contribution in [-0.4, -0.2) is 4.98 Å². The molecule has 4 aromatic rings. The van der Waals surface area contributed by atoms with Gasteiger partial charge in [0.05, 0.1) is 16.5 Å². The minimum atomic E-state index is 0.856. The summed E-state index contributed by atoms with van der Waals surface area (Å²) in [6.07, 6.45) is 4.01. The Morgan fingerprint density at radius 2 is 2.00 bits per heavy atom. The molecule has 1 aliphatic carbocycles. The molecule has 0 spiro atoms. The molecule has 0 saturated carbocycles. The molecule has 1 aliphatic rings. The van der Waals surface area contributed by atoms with Crippen molar-refractivity contribution < 1.29 is 4.42 Å². The van der Waals surface area contributed by atoms with Crippen molar-refractivity contribution in [3.63, 3.8) is 0 Å². The van der Waals surface area contributed by atoms with E-state index in [0.29, 0.717) is 0 Å². The molecule has 0 fully saturated rings. The number of aromatic nitrogens is 1. The highest BCUT2D eigenvalue weighted by Gasteiger charge is 2.19. The molecule has 0 saturated heterocycles. The first-order valence-electron chi connectivity index (χ1n) is 6.78. The van der Waals surface area contributed by atoms with E-state index >= 15 is 0 Å². The van der Waals surface area contributed by atoms with Gasteiger partial charge < -0.3 is 4.42 Å². The smallest absolute Gasteiger partial charge is 0.162 e. The summed E-state index contributed by atoms with van der Waals surface area (Å²) in [4.78, 5) is 4.82. The Labute approximate surface area is 119 Å². The number of furan rings is 1. The van der Waals surface area contributed by atoms with Crippen molar-refractivity contribution in [2.24, 2.45) is 0 Å². The summed E-state index contributed by atoms with van der Waals surface area (Å²) >= 11 is 1.72. The summed E-state index contributed by atoms with van der Waals surface area (Å²) in [6.45, 7) is 0. The second-order valence-electron chi connectivity index (χ2n) is 5.22. The van der Waals surface area contributed by atoms with Crippen LogP contribution in [0.15, 0.2) is 47.1 Å². The highest BCUT2D eigenvalue weighted by molar-refractivity contribution is 7.21. The largest absolute Gasteiger partial charge is 0.462 e. The zero-order chi connectivity index (χ0) is 13.1. The molecular weight excluding hydrogens is 266 g/mol. The molecule has 0 amide bonds. The monoisotopic (exact) mass is 277 g/mol. The average molecular weight is 277 g/mol. The summed E-state index contributed by atoms with van der Waals surface area (Å²) < 4.78 is 6.74. The molecule has 0 bridgehead atoms. The molecule has 20 heavy (non-hydrogen) atoms.